The lowest BCUT2D eigenvalue weighted by atomic mass is 9.96. The molecule has 4 nitrogen and oxygen atoms in total. The van der Waals surface area contributed by atoms with Crippen molar-refractivity contribution in [3.8, 4) is 0 Å². The second-order valence-corrected chi connectivity index (χ2v) is 7.02. The van der Waals surface area contributed by atoms with Gasteiger partial charge in [0.05, 0.1) is 5.54 Å². The quantitative estimate of drug-likeness (QED) is 0.940. The second-order valence-electron chi connectivity index (χ2n) is 6.58. The van der Waals surface area contributed by atoms with Crippen LogP contribution in [0.1, 0.15) is 45.5 Å². The predicted octanol–water partition coefficient (Wildman–Crippen LogP) is 3.53. The Balaban J connectivity index is 2.07. The van der Waals surface area contributed by atoms with E-state index >= 15 is 0 Å². The van der Waals surface area contributed by atoms with Gasteiger partial charge in [0.15, 0.2) is 5.82 Å². The zero-order valence-corrected chi connectivity index (χ0v) is 13.7. The molecule has 1 aromatic carbocycles. The van der Waals surface area contributed by atoms with Crippen molar-refractivity contribution in [2.45, 2.75) is 51.7 Å². The molecule has 0 radical (unpaired) electrons. The largest absolute Gasteiger partial charge is 0.382 e. The minimum atomic E-state index is -1.05. The molecule has 0 aliphatic heterocycles. The first-order valence-electron chi connectivity index (χ1n) is 7.08. The highest BCUT2D eigenvalue weighted by molar-refractivity contribution is 6.30. The second kappa shape index (κ2) is 5.78. The number of rotatable bonds is 4. The van der Waals surface area contributed by atoms with E-state index in [0.29, 0.717) is 12.2 Å². The maximum atomic E-state index is 10.6. The molecular weight excluding hydrogens is 286 g/mol. The van der Waals surface area contributed by atoms with E-state index in [1.54, 1.807) is 17.9 Å². The Kier molecular flexibility index (Phi) is 4.40. The van der Waals surface area contributed by atoms with E-state index < -0.39 is 5.60 Å². The fraction of sp³-hybridized carbons (Fsp3) is 0.500. The molecule has 0 bridgehead atoms. The maximum absolute atomic E-state index is 10.6. The number of benzene rings is 1. The van der Waals surface area contributed by atoms with Gasteiger partial charge in [0.25, 0.3) is 0 Å². The van der Waals surface area contributed by atoms with Crippen LogP contribution in [0.5, 0.6) is 0 Å². The van der Waals surface area contributed by atoms with Crippen molar-refractivity contribution in [1.82, 2.24) is 14.8 Å². The van der Waals surface area contributed by atoms with E-state index in [-0.39, 0.29) is 5.54 Å². The molecule has 1 N–H and O–H groups in total. The first kappa shape index (κ1) is 16.0. The summed E-state index contributed by atoms with van der Waals surface area (Å²) in [5.74, 6) is 0.464. The minimum Gasteiger partial charge on any atom is -0.382 e. The van der Waals surface area contributed by atoms with Crippen molar-refractivity contribution < 1.29 is 5.11 Å². The molecule has 0 spiro atoms. The highest BCUT2D eigenvalue weighted by Gasteiger charge is 2.29. The molecule has 114 valence electrons. The zero-order chi connectivity index (χ0) is 15.7. The lowest BCUT2D eigenvalue weighted by molar-refractivity contribution is 0.0381. The fourth-order valence-electron chi connectivity index (χ4n) is 1.98. The van der Waals surface area contributed by atoms with Gasteiger partial charge in [-0.25, -0.2) is 9.67 Å². The Morgan fingerprint density at radius 2 is 1.76 bits per heavy atom. The number of aryl methyl sites for hydroxylation is 1. The van der Waals surface area contributed by atoms with E-state index in [4.69, 9.17) is 11.6 Å². The molecule has 1 aromatic heterocycles. The summed E-state index contributed by atoms with van der Waals surface area (Å²) in [4.78, 5) is 4.26. The van der Waals surface area contributed by atoms with Crippen molar-refractivity contribution in [1.29, 1.82) is 0 Å². The highest BCUT2D eigenvalue weighted by atomic mass is 35.5. The smallest absolute Gasteiger partial charge is 0.181 e. The normalized spacial score (nSPS) is 15.0. The van der Waals surface area contributed by atoms with Crippen molar-refractivity contribution in [2.75, 3.05) is 0 Å². The summed E-state index contributed by atoms with van der Waals surface area (Å²) in [6, 6.07) is 7.66. The number of hydrogen-bond acceptors (Lipinski definition) is 3. The van der Waals surface area contributed by atoms with E-state index in [1.807, 2.05) is 45.0 Å². The van der Waals surface area contributed by atoms with Crippen LogP contribution < -0.4 is 0 Å². The van der Waals surface area contributed by atoms with Gasteiger partial charge in [-0.3, -0.25) is 0 Å². The predicted molar refractivity (Wildman–Crippen MR) is 84.4 cm³/mol. The van der Waals surface area contributed by atoms with Gasteiger partial charge in [-0.05, 0) is 58.2 Å². The number of aromatic nitrogens is 3. The van der Waals surface area contributed by atoms with Gasteiger partial charge >= 0.3 is 0 Å². The van der Waals surface area contributed by atoms with Crippen LogP contribution in [0.3, 0.4) is 0 Å². The molecule has 21 heavy (non-hydrogen) atoms. The molecule has 0 fully saturated rings. The topological polar surface area (TPSA) is 50.9 Å². The lowest BCUT2D eigenvalue weighted by Gasteiger charge is -2.21. The summed E-state index contributed by atoms with van der Waals surface area (Å²) in [6.07, 6.45) is 2.98. The lowest BCUT2D eigenvalue weighted by Crippen LogP contribution is -2.27. The van der Waals surface area contributed by atoms with Crippen LogP contribution in [0.4, 0.5) is 0 Å². The van der Waals surface area contributed by atoms with Gasteiger partial charge in [-0.1, -0.05) is 23.7 Å². The summed E-state index contributed by atoms with van der Waals surface area (Å²) in [6.45, 7) is 7.90. The van der Waals surface area contributed by atoms with Crippen molar-refractivity contribution in [3.63, 3.8) is 0 Å². The van der Waals surface area contributed by atoms with Gasteiger partial charge in [0.1, 0.15) is 11.9 Å². The summed E-state index contributed by atoms with van der Waals surface area (Å²) in [7, 11) is 0. The molecule has 1 heterocycles. The molecule has 5 heteroatoms. The molecule has 2 aromatic rings. The first-order chi connectivity index (χ1) is 9.68. The van der Waals surface area contributed by atoms with Crippen molar-refractivity contribution in [2.24, 2.45) is 0 Å². The van der Waals surface area contributed by atoms with Gasteiger partial charge in [-0.2, -0.15) is 5.10 Å². The number of hydrogen-bond donors (Lipinski definition) is 1. The Hall–Kier alpha value is -1.39. The Labute approximate surface area is 130 Å². The summed E-state index contributed by atoms with van der Waals surface area (Å²) < 4.78 is 1.78. The number of nitrogens with zero attached hydrogens (tertiary/aromatic N) is 3. The molecule has 0 aliphatic rings. The summed E-state index contributed by atoms with van der Waals surface area (Å²) in [5.41, 5.74) is -0.0527. The van der Waals surface area contributed by atoms with Crippen LogP contribution in [0.2, 0.25) is 5.02 Å². The highest BCUT2D eigenvalue weighted by Crippen LogP contribution is 2.24. The number of aliphatic hydroxyl groups is 1. The van der Waals surface area contributed by atoms with Crippen LogP contribution in [-0.4, -0.2) is 19.9 Å². The summed E-state index contributed by atoms with van der Waals surface area (Å²) >= 11 is 5.87. The Bertz CT molecular complexity index is 597. The SMILES string of the molecule is CC(O)(CCc1ccc(Cl)cc1)c1ncn(C(C)(C)C)n1. The fourth-order valence-corrected chi connectivity index (χ4v) is 2.11. The monoisotopic (exact) mass is 307 g/mol. The number of halogens is 1. The van der Waals surface area contributed by atoms with E-state index in [0.717, 1.165) is 17.0 Å². The summed E-state index contributed by atoms with van der Waals surface area (Å²) in [5, 5.41) is 15.7. The van der Waals surface area contributed by atoms with Gasteiger partial charge in [-0.15, -0.1) is 0 Å². The third kappa shape index (κ3) is 4.05. The molecular formula is C16H22ClN3O. The molecule has 0 aliphatic carbocycles. The van der Waals surface area contributed by atoms with Gasteiger partial charge in [0.2, 0.25) is 0 Å². The Morgan fingerprint density at radius 3 is 2.29 bits per heavy atom. The average molecular weight is 308 g/mol. The van der Waals surface area contributed by atoms with Crippen molar-refractivity contribution in [3.05, 3.63) is 47.0 Å². The molecule has 1 atom stereocenters. The maximum Gasteiger partial charge on any atom is 0.181 e. The minimum absolute atomic E-state index is 0.141. The molecule has 1 unspecified atom stereocenters. The Morgan fingerprint density at radius 1 is 1.14 bits per heavy atom. The van der Waals surface area contributed by atoms with Crippen LogP contribution in [0, 0.1) is 0 Å². The van der Waals surface area contributed by atoms with E-state index in [2.05, 4.69) is 10.1 Å². The van der Waals surface area contributed by atoms with E-state index in [1.165, 1.54) is 0 Å². The van der Waals surface area contributed by atoms with Crippen LogP contribution in [0.25, 0.3) is 0 Å². The molecule has 0 saturated carbocycles. The molecule has 0 amide bonds. The zero-order valence-electron chi connectivity index (χ0n) is 13.0. The van der Waals surface area contributed by atoms with Crippen LogP contribution in [-0.2, 0) is 17.6 Å². The first-order valence-corrected chi connectivity index (χ1v) is 7.46. The molecule has 2 rings (SSSR count). The average Bonchev–Trinajstić information content (AvgIpc) is 2.88. The van der Waals surface area contributed by atoms with E-state index in [9.17, 15) is 5.11 Å². The third-order valence-corrected chi connectivity index (χ3v) is 3.73. The van der Waals surface area contributed by atoms with Gasteiger partial charge in [0, 0.05) is 5.02 Å². The van der Waals surface area contributed by atoms with Gasteiger partial charge < -0.3 is 5.11 Å². The van der Waals surface area contributed by atoms with Crippen LogP contribution in [0.15, 0.2) is 30.6 Å². The molecule has 0 saturated heterocycles. The van der Waals surface area contributed by atoms with Crippen LogP contribution >= 0.6 is 11.6 Å². The third-order valence-electron chi connectivity index (χ3n) is 3.47. The standard InChI is InChI=1S/C16H22ClN3O/c1-15(2,3)20-11-18-14(19-20)16(4,21)10-9-12-5-7-13(17)8-6-12/h5-8,11,21H,9-10H2,1-4H3. The van der Waals surface area contributed by atoms with Crippen molar-refractivity contribution >= 4 is 11.6 Å².